The first-order valence-electron chi connectivity index (χ1n) is 9.36. The van der Waals surface area contributed by atoms with E-state index in [4.69, 9.17) is 5.26 Å². The van der Waals surface area contributed by atoms with Crippen molar-refractivity contribution in [2.75, 3.05) is 0 Å². The predicted octanol–water partition coefficient (Wildman–Crippen LogP) is 2.55. The Bertz CT molecular complexity index is 1020. The molecule has 29 heavy (non-hydrogen) atoms. The largest absolute Gasteiger partial charge is 0.325 e. The highest BCUT2D eigenvalue weighted by atomic mass is 16.2. The van der Waals surface area contributed by atoms with Crippen molar-refractivity contribution in [3.63, 3.8) is 0 Å². The normalized spacial score (nSPS) is 10.9. The number of hydrogen-bond donors (Lipinski definition) is 3. The number of aryl methyl sites for hydroxylation is 1. The van der Waals surface area contributed by atoms with E-state index in [0.29, 0.717) is 23.2 Å². The molecule has 0 aliphatic heterocycles. The lowest BCUT2D eigenvalue weighted by Crippen LogP contribution is -2.41. The molecule has 152 valence electrons. The fraction of sp³-hybridized carbons (Fsp3) is 0.364. The van der Waals surface area contributed by atoms with E-state index in [2.05, 4.69) is 36.6 Å². The number of nitrogens with zero attached hydrogens (tertiary/aromatic N) is 1. The molecule has 2 rings (SSSR count). The number of rotatable bonds is 4. The van der Waals surface area contributed by atoms with Crippen LogP contribution in [0.25, 0.3) is 0 Å². The molecule has 1 aromatic heterocycles. The second-order valence-electron chi connectivity index (χ2n) is 8.00. The van der Waals surface area contributed by atoms with Crippen molar-refractivity contribution in [2.24, 2.45) is 0 Å². The van der Waals surface area contributed by atoms with Crippen LogP contribution in [0.2, 0.25) is 0 Å². The number of carbonyl (C=O) groups excluding carboxylic acids is 2. The molecule has 0 aliphatic rings. The Morgan fingerprint density at radius 3 is 2.28 bits per heavy atom. The van der Waals surface area contributed by atoms with Gasteiger partial charge in [-0.15, -0.1) is 0 Å². The maximum absolute atomic E-state index is 12.2. The quantitative estimate of drug-likeness (QED) is 0.691. The number of hydrogen-bond acceptors (Lipinski definition) is 4. The molecule has 2 aromatic rings. The van der Waals surface area contributed by atoms with Gasteiger partial charge in [-0.1, -0.05) is 32.9 Å². The zero-order valence-electron chi connectivity index (χ0n) is 17.4. The number of nitrogens with one attached hydrogen (secondary N) is 3. The molecule has 1 aromatic carbocycles. The van der Waals surface area contributed by atoms with E-state index < -0.39 is 11.5 Å². The number of H-pyrrole nitrogens is 1. The second kappa shape index (κ2) is 8.74. The van der Waals surface area contributed by atoms with Crippen LogP contribution in [-0.2, 0) is 16.6 Å². The van der Waals surface area contributed by atoms with E-state index >= 15 is 0 Å². The number of hydrazine groups is 1. The van der Waals surface area contributed by atoms with Gasteiger partial charge in [0.05, 0.1) is 0 Å². The van der Waals surface area contributed by atoms with Crippen molar-refractivity contribution in [2.45, 2.75) is 52.9 Å². The van der Waals surface area contributed by atoms with Gasteiger partial charge in [0.1, 0.15) is 11.6 Å². The van der Waals surface area contributed by atoms with Crippen LogP contribution in [-0.4, -0.2) is 16.8 Å². The van der Waals surface area contributed by atoms with E-state index in [1.165, 1.54) is 0 Å². The summed E-state index contributed by atoms with van der Waals surface area (Å²) >= 11 is 0. The van der Waals surface area contributed by atoms with Crippen LogP contribution in [0.3, 0.4) is 0 Å². The van der Waals surface area contributed by atoms with Gasteiger partial charge < -0.3 is 4.98 Å². The summed E-state index contributed by atoms with van der Waals surface area (Å²) in [4.78, 5) is 38.7. The van der Waals surface area contributed by atoms with Crippen LogP contribution in [0, 0.1) is 25.2 Å². The summed E-state index contributed by atoms with van der Waals surface area (Å²) in [5.41, 5.74) is 7.93. The summed E-state index contributed by atoms with van der Waals surface area (Å²) in [7, 11) is 0. The van der Waals surface area contributed by atoms with Crippen molar-refractivity contribution >= 4 is 11.8 Å². The summed E-state index contributed by atoms with van der Waals surface area (Å²) in [6.07, 6.45) is 0.437. The van der Waals surface area contributed by atoms with Crippen LogP contribution >= 0.6 is 0 Å². The van der Waals surface area contributed by atoms with E-state index in [-0.39, 0.29) is 23.3 Å². The summed E-state index contributed by atoms with van der Waals surface area (Å²) in [5.74, 6) is -0.768. The standard InChI is InChI=1S/C22H26N4O3/c1-13-17(14(2)24-21(29)18(13)12-23)10-11-19(27)25-26-20(28)15-6-8-16(9-7-15)22(3,4)5/h6-9H,10-11H2,1-5H3,(H,24,29)(H,25,27)(H,26,28). The third-order valence-corrected chi connectivity index (χ3v) is 4.85. The lowest BCUT2D eigenvalue weighted by Gasteiger charge is -2.19. The first kappa shape index (κ1) is 21.9. The van der Waals surface area contributed by atoms with Gasteiger partial charge in [-0.05, 0) is 54.5 Å². The Balaban J connectivity index is 1.95. The lowest BCUT2D eigenvalue weighted by molar-refractivity contribution is -0.121. The molecule has 0 saturated carbocycles. The molecule has 7 heteroatoms. The predicted molar refractivity (Wildman–Crippen MR) is 110 cm³/mol. The Hall–Kier alpha value is -3.40. The van der Waals surface area contributed by atoms with Gasteiger partial charge in [0, 0.05) is 17.7 Å². The van der Waals surface area contributed by atoms with E-state index in [1.54, 1.807) is 26.0 Å². The van der Waals surface area contributed by atoms with E-state index in [1.807, 2.05) is 18.2 Å². The van der Waals surface area contributed by atoms with Crippen molar-refractivity contribution < 1.29 is 9.59 Å². The molecular weight excluding hydrogens is 368 g/mol. The van der Waals surface area contributed by atoms with Crippen LogP contribution in [0.1, 0.15) is 65.5 Å². The zero-order chi connectivity index (χ0) is 21.8. The third kappa shape index (κ3) is 5.32. The summed E-state index contributed by atoms with van der Waals surface area (Å²) in [5, 5.41) is 9.11. The summed E-state index contributed by atoms with van der Waals surface area (Å²) in [6.45, 7) is 9.69. The molecule has 7 nitrogen and oxygen atoms in total. The van der Waals surface area contributed by atoms with Crippen LogP contribution in [0.4, 0.5) is 0 Å². The number of benzene rings is 1. The molecule has 0 fully saturated rings. The number of pyridine rings is 1. The van der Waals surface area contributed by atoms with Crippen molar-refractivity contribution in [3.05, 3.63) is 68.1 Å². The van der Waals surface area contributed by atoms with Crippen molar-refractivity contribution in [3.8, 4) is 6.07 Å². The molecule has 0 saturated heterocycles. The van der Waals surface area contributed by atoms with Crippen LogP contribution in [0.5, 0.6) is 0 Å². The zero-order valence-corrected chi connectivity index (χ0v) is 17.4. The molecule has 0 atom stereocenters. The van der Waals surface area contributed by atoms with Gasteiger partial charge in [-0.3, -0.25) is 25.2 Å². The van der Waals surface area contributed by atoms with E-state index in [9.17, 15) is 14.4 Å². The lowest BCUT2D eigenvalue weighted by atomic mass is 9.87. The minimum absolute atomic E-state index is 0.00733. The molecule has 2 amide bonds. The highest BCUT2D eigenvalue weighted by Gasteiger charge is 2.16. The molecule has 0 spiro atoms. The fourth-order valence-corrected chi connectivity index (χ4v) is 3.04. The minimum Gasteiger partial charge on any atom is -0.325 e. The van der Waals surface area contributed by atoms with Gasteiger partial charge >= 0.3 is 0 Å². The molecule has 0 bridgehead atoms. The maximum Gasteiger partial charge on any atom is 0.269 e. The van der Waals surface area contributed by atoms with Crippen molar-refractivity contribution in [1.29, 1.82) is 5.26 Å². The molecule has 0 aliphatic carbocycles. The first-order valence-corrected chi connectivity index (χ1v) is 9.36. The highest BCUT2D eigenvalue weighted by Crippen LogP contribution is 2.22. The second-order valence-corrected chi connectivity index (χ2v) is 8.00. The SMILES string of the molecule is Cc1[nH]c(=O)c(C#N)c(C)c1CCC(=O)NNC(=O)c1ccc(C(C)(C)C)cc1. The topological polar surface area (TPSA) is 115 Å². The van der Waals surface area contributed by atoms with Crippen molar-refractivity contribution in [1.82, 2.24) is 15.8 Å². The van der Waals surface area contributed by atoms with Gasteiger partial charge in [0.2, 0.25) is 5.91 Å². The summed E-state index contributed by atoms with van der Waals surface area (Å²) in [6, 6.07) is 9.12. The van der Waals surface area contributed by atoms with Crippen LogP contribution < -0.4 is 16.4 Å². The molecular formula is C22H26N4O3. The average Bonchev–Trinajstić information content (AvgIpc) is 2.65. The number of carbonyl (C=O) groups is 2. The molecule has 1 heterocycles. The Morgan fingerprint density at radius 2 is 1.72 bits per heavy atom. The average molecular weight is 394 g/mol. The Labute approximate surface area is 170 Å². The highest BCUT2D eigenvalue weighted by molar-refractivity contribution is 5.95. The van der Waals surface area contributed by atoms with Gasteiger partial charge in [-0.25, -0.2) is 0 Å². The van der Waals surface area contributed by atoms with E-state index in [0.717, 1.165) is 11.1 Å². The monoisotopic (exact) mass is 394 g/mol. The molecule has 0 radical (unpaired) electrons. The fourth-order valence-electron chi connectivity index (χ4n) is 3.04. The number of aromatic amines is 1. The molecule has 0 unspecified atom stereocenters. The van der Waals surface area contributed by atoms with Gasteiger partial charge in [0.25, 0.3) is 11.5 Å². The number of nitriles is 1. The Kier molecular flexibility index (Phi) is 6.60. The third-order valence-electron chi connectivity index (χ3n) is 4.85. The van der Waals surface area contributed by atoms with Gasteiger partial charge in [0.15, 0.2) is 0 Å². The number of amides is 2. The smallest absolute Gasteiger partial charge is 0.269 e. The van der Waals surface area contributed by atoms with Gasteiger partial charge in [-0.2, -0.15) is 5.26 Å². The molecule has 3 N–H and O–H groups in total. The minimum atomic E-state index is -0.430. The van der Waals surface area contributed by atoms with Crippen LogP contribution in [0.15, 0.2) is 29.1 Å². The number of aromatic nitrogens is 1. The first-order chi connectivity index (χ1) is 13.5. The summed E-state index contributed by atoms with van der Waals surface area (Å²) < 4.78 is 0. The Morgan fingerprint density at radius 1 is 1.10 bits per heavy atom. The maximum atomic E-state index is 12.2.